The number of carbonyl (C=O) groups is 3. The van der Waals surface area contributed by atoms with Gasteiger partial charge in [-0.05, 0) is 0 Å². The van der Waals surface area contributed by atoms with Crippen molar-refractivity contribution in [2.45, 2.75) is 38.4 Å². The number of carbonyl (C=O) groups excluding carboxylic acids is 2. The number of aliphatic carboxylic acids is 1. The fourth-order valence-electron chi connectivity index (χ4n) is 2.31. The predicted octanol–water partition coefficient (Wildman–Crippen LogP) is -2.10. The van der Waals surface area contributed by atoms with E-state index in [2.05, 4.69) is 10.1 Å². The van der Waals surface area contributed by atoms with Crippen LogP contribution in [0.2, 0.25) is 0 Å². The van der Waals surface area contributed by atoms with Crippen molar-refractivity contribution in [1.82, 2.24) is 14.8 Å². The molecule has 0 saturated carbocycles. The molecule has 1 amide bonds. The number of ether oxygens (including phenoxy) is 2. The van der Waals surface area contributed by atoms with Gasteiger partial charge in [-0.15, -0.1) is 5.10 Å². The van der Waals surface area contributed by atoms with E-state index in [9.17, 15) is 24.6 Å². The molecule has 1 aliphatic heterocycles. The van der Waals surface area contributed by atoms with E-state index in [4.69, 9.17) is 20.3 Å². The summed E-state index contributed by atoms with van der Waals surface area (Å²) in [4.78, 5) is 37.5. The van der Waals surface area contributed by atoms with Gasteiger partial charge in [0.15, 0.2) is 6.23 Å². The minimum atomic E-state index is -1.42. The molecule has 1 aromatic rings. The molecule has 2 rings (SSSR count). The van der Waals surface area contributed by atoms with Crippen LogP contribution < -0.4 is 5.73 Å². The van der Waals surface area contributed by atoms with E-state index in [0.717, 1.165) is 11.0 Å². The van der Waals surface area contributed by atoms with E-state index in [0.29, 0.717) is 0 Å². The average molecular weight is 372 g/mol. The van der Waals surface area contributed by atoms with Gasteiger partial charge in [0.25, 0.3) is 5.91 Å². The fraction of sp³-hybridized carbons (Fsp3) is 0.643. The lowest BCUT2D eigenvalue weighted by molar-refractivity contribution is -0.160. The summed E-state index contributed by atoms with van der Waals surface area (Å²) in [6.07, 6.45) is -3.96. The summed E-state index contributed by atoms with van der Waals surface area (Å²) in [6.45, 7) is 2.38. The normalized spacial score (nSPS) is 27.7. The summed E-state index contributed by atoms with van der Waals surface area (Å²) in [7, 11) is 0. The molecular weight excluding hydrogens is 352 g/mol. The fourth-order valence-corrected chi connectivity index (χ4v) is 2.31. The second-order valence-electron chi connectivity index (χ2n) is 6.00. The van der Waals surface area contributed by atoms with Gasteiger partial charge in [0.1, 0.15) is 31.2 Å². The van der Waals surface area contributed by atoms with E-state index in [1.54, 1.807) is 0 Å². The third kappa shape index (κ3) is 3.98. The molecule has 0 bridgehead atoms. The predicted molar refractivity (Wildman–Crippen MR) is 81.4 cm³/mol. The largest absolute Gasteiger partial charge is 0.481 e. The van der Waals surface area contributed by atoms with Crippen LogP contribution in [-0.2, 0) is 19.1 Å². The van der Waals surface area contributed by atoms with Crippen molar-refractivity contribution < 1.29 is 39.2 Å². The van der Waals surface area contributed by atoms with Crippen molar-refractivity contribution in [3.63, 3.8) is 0 Å². The Balaban J connectivity index is 1.97. The van der Waals surface area contributed by atoms with Crippen LogP contribution in [0, 0.1) is 11.8 Å². The number of amides is 1. The molecule has 6 atom stereocenters. The number of aliphatic hydroxyl groups is 2. The minimum absolute atomic E-state index is 0.290. The van der Waals surface area contributed by atoms with Crippen molar-refractivity contribution in [1.29, 1.82) is 0 Å². The summed E-state index contributed by atoms with van der Waals surface area (Å²) >= 11 is 0. The number of hydrogen-bond acceptors (Lipinski definition) is 9. The van der Waals surface area contributed by atoms with Gasteiger partial charge in [-0.3, -0.25) is 14.4 Å². The van der Waals surface area contributed by atoms with Gasteiger partial charge in [-0.25, -0.2) is 9.67 Å². The molecule has 12 nitrogen and oxygen atoms in total. The Morgan fingerprint density at radius 1 is 1.31 bits per heavy atom. The number of nitrogens with two attached hydrogens (primary N) is 1. The number of aromatic nitrogens is 3. The maximum absolute atomic E-state index is 11.9. The van der Waals surface area contributed by atoms with Crippen molar-refractivity contribution in [3.05, 3.63) is 12.2 Å². The first-order chi connectivity index (χ1) is 12.1. The zero-order valence-corrected chi connectivity index (χ0v) is 14.1. The molecule has 5 N–H and O–H groups in total. The smallest absolute Gasteiger partial charge is 0.309 e. The third-order valence-corrected chi connectivity index (χ3v) is 4.23. The molecule has 1 aliphatic rings. The first-order valence-electron chi connectivity index (χ1n) is 7.75. The van der Waals surface area contributed by atoms with Crippen LogP contribution in [0.1, 0.15) is 30.7 Å². The van der Waals surface area contributed by atoms with Crippen molar-refractivity contribution in [2.24, 2.45) is 17.6 Å². The Labute approximate surface area is 147 Å². The zero-order valence-electron chi connectivity index (χ0n) is 14.1. The highest BCUT2D eigenvalue weighted by atomic mass is 16.6. The molecule has 26 heavy (non-hydrogen) atoms. The van der Waals surface area contributed by atoms with Crippen LogP contribution in [0.15, 0.2) is 6.33 Å². The summed E-state index contributed by atoms with van der Waals surface area (Å²) in [6, 6.07) is 0. The number of hydrogen-bond donors (Lipinski definition) is 4. The maximum atomic E-state index is 11.9. The van der Waals surface area contributed by atoms with E-state index < -0.39 is 60.8 Å². The summed E-state index contributed by atoms with van der Waals surface area (Å²) in [5.74, 6) is -4.92. The van der Waals surface area contributed by atoms with Gasteiger partial charge in [-0.1, -0.05) is 13.8 Å². The molecular formula is C14H20N4O8. The first kappa shape index (κ1) is 19.8. The van der Waals surface area contributed by atoms with Crippen molar-refractivity contribution >= 4 is 17.8 Å². The number of carboxylic acid groups (broad SMARTS) is 1. The highest BCUT2D eigenvalue weighted by molar-refractivity contribution is 5.88. The van der Waals surface area contributed by atoms with E-state index in [1.807, 2.05) is 0 Å². The van der Waals surface area contributed by atoms with Crippen LogP contribution in [0.5, 0.6) is 0 Å². The summed E-state index contributed by atoms with van der Waals surface area (Å²) in [5.41, 5.74) is 5.04. The number of nitrogens with zero attached hydrogens (tertiary/aromatic N) is 3. The van der Waals surface area contributed by atoms with Gasteiger partial charge in [0.2, 0.25) is 5.82 Å². The minimum Gasteiger partial charge on any atom is -0.481 e. The molecule has 1 fully saturated rings. The lowest BCUT2D eigenvalue weighted by Gasteiger charge is -2.18. The molecule has 0 radical (unpaired) electrons. The number of carboxylic acids is 1. The number of esters is 1. The highest BCUT2D eigenvalue weighted by Crippen LogP contribution is 2.29. The quantitative estimate of drug-likeness (QED) is 0.386. The molecule has 144 valence electrons. The summed E-state index contributed by atoms with van der Waals surface area (Å²) in [5, 5.41) is 32.8. The van der Waals surface area contributed by atoms with Gasteiger partial charge in [0, 0.05) is 0 Å². The van der Waals surface area contributed by atoms with Gasteiger partial charge < -0.3 is 30.5 Å². The maximum Gasteiger partial charge on any atom is 0.309 e. The van der Waals surface area contributed by atoms with Crippen molar-refractivity contribution in [2.75, 3.05) is 6.61 Å². The van der Waals surface area contributed by atoms with Crippen molar-refractivity contribution in [3.8, 4) is 0 Å². The Kier molecular flexibility index (Phi) is 5.90. The molecule has 1 saturated heterocycles. The molecule has 2 heterocycles. The molecule has 12 heteroatoms. The van der Waals surface area contributed by atoms with Gasteiger partial charge in [-0.2, -0.15) is 0 Å². The Bertz CT molecular complexity index is 692. The summed E-state index contributed by atoms with van der Waals surface area (Å²) < 4.78 is 11.4. The van der Waals surface area contributed by atoms with Gasteiger partial charge >= 0.3 is 11.9 Å². The van der Waals surface area contributed by atoms with Crippen LogP contribution >= 0.6 is 0 Å². The molecule has 1 aromatic heterocycles. The monoisotopic (exact) mass is 372 g/mol. The lowest BCUT2D eigenvalue weighted by atomic mass is 9.96. The van der Waals surface area contributed by atoms with Crippen LogP contribution in [0.4, 0.5) is 0 Å². The highest BCUT2D eigenvalue weighted by Gasteiger charge is 2.45. The second kappa shape index (κ2) is 7.76. The molecule has 0 spiro atoms. The third-order valence-electron chi connectivity index (χ3n) is 4.23. The first-order valence-corrected chi connectivity index (χ1v) is 7.75. The Morgan fingerprint density at radius 2 is 1.96 bits per heavy atom. The SMILES string of the molecule is CC(C(=O)O)C(C)C(=O)OC[C@H]1O[C@@H](n2cnc(C(N)=O)n2)[C@H](O)[C@@H]1O. The van der Waals surface area contributed by atoms with Crippen LogP contribution in [0.25, 0.3) is 0 Å². The molecule has 0 aromatic carbocycles. The number of rotatable bonds is 7. The number of primary amides is 1. The lowest BCUT2D eigenvalue weighted by Crippen LogP contribution is -2.36. The zero-order chi connectivity index (χ0) is 19.6. The Hall–Kier alpha value is -2.57. The Morgan fingerprint density at radius 3 is 2.50 bits per heavy atom. The van der Waals surface area contributed by atoms with Crippen LogP contribution in [0.3, 0.4) is 0 Å². The standard InChI is InChI=1S/C14H20N4O8/c1-5(13(22)23)6(2)14(24)25-3-7-8(19)9(20)12(26-7)18-4-16-11(17-18)10(15)21/h4-9,12,19-20H,3H2,1-2H3,(H2,15,21)(H,22,23)/t5?,6?,7-,8-,9-,12-/m1/s1. The second-order valence-corrected chi connectivity index (χ2v) is 6.00. The van der Waals surface area contributed by atoms with Crippen LogP contribution in [-0.4, -0.2) is 72.8 Å². The average Bonchev–Trinajstić information content (AvgIpc) is 3.18. The van der Waals surface area contributed by atoms with E-state index >= 15 is 0 Å². The topological polar surface area (TPSA) is 187 Å². The van der Waals surface area contributed by atoms with E-state index in [1.165, 1.54) is 13.8 Å². The number of aliphatic hydroxyl groups excluding tert-OH is 2. The molecule has 0 aliphatic carbocycles. The van der Waals surface area contributed by atoms with Gasteiger partial charge in [0.05, 0.1) is 11.8 Å². The van der Waals surface area contributed by atoms with E-state index in [-0.39, 0.29) is 5.82 Å². The molecule has 2 unspecified atom stereocenters.